The van der Waals surface area contributed by atoms with Gasteiger partial charge in [-0.25, -0.2) is 4.68 Å². The summed E-state index contributed by atoms with van der Waals surface area (Å²) in [5.41, 5.74) is 1.94. The molecule has 0 radical (unpaired) electrons. The van der Waals surface area contributed by atoms with Crippen molar-refractivity contribution >= 4 is 23.0 Å². The van der Waals surface area contributed by atoms with E-state index in [2.05, 4.69) is 15.3 Å². The van der Waals surface area contributed by atoms with Crippen LogP contribution in [0.5, 0.6) is 5.75 Å². The van der Waals surface area contributed by atoms with Crippen LogP contribution >= 0.6 is 11.6 Å². The normalized spacial score (nSPS) is 11.3. The van der Waals surface area contributed by atoms with E-state index in [0.29, 0.717) is 22.0 Å². The topological polar surface area (TPSA) is 82.7 Å². The summed E-state index contributed by atoms with van der Waals surface area (Å²) < 4.78 is 1.40. The molecule has 0 fully saturated rings. The maximum Gasteiger partial charge on any atom is 0.299 e. The van der Waals surface area contributed by atoms with E-state index in [9.17, 15) is 9.90 Å². The molecule has 0 aliphatic rings. The zero-order chi connectivity index (χ0) is 17.3. The van der Waals surface area contributed by atoms with Crippen LogP contribution in [-0.2, 0) is 0 Å². The van der Waals surface area contributed by atoms with Crippen molar-refractivity contribution in [3.05, 3.63) is 69.1 Å². The minimum absolute atomic E-state index is 0.0141. The van der Waals surface area contributed by atoms with Crippen molar-refractivity contribution < 1.29 is 5.11 Å². The first kappa shape index (κ1) is 16.0. The summed E-state index contributed by atoms with van der Waals surface area (Å²) in [6.07, 6.45) is 0. The molecule has 0 aliphatic carbocycles. The number of H-pyrrole nitrogens is 1. The Bertz CT molecular complexity index is 974. The third-order valence-electron chi connectivity index (χ3n) is 3.56. The summed E-state index contributed by atoms with van der Waals surface area (Å²) in [5, 5.41) is 21.4. The Morgan fingerprint density at radius 3 is 2.54 bits per heavy atom. The van der Waals surface area contributed by atoms with Crippen molar-refractivity contribution in [3.63, 3.8) is 0 Å². The molecule has 0 bridgehead atoms. The number of nitrogens with zero attached hydrogens (tertiary/aromatic N) is 3. The minimum atomic E-state index is -0.319. The van der Waals surface area contributed by atoms with Crippen molar-refractivity contribution in [2.24, 2.45) is 10.2 Å². The second kappa shape index (κ2) is 6.33. The molecule has 122 valence electrons. The van der Waals surface area contributed by atoms with E-state index in [1.54, 1.807) is 19.9 Å². The number of hydrogen-bond acceptors (Lipinski definition) is 4. The third kappa shape index (κ3) is 2.96. The largest absolute Gasteiger partial charge is 0.505 e. The zero-order valence-corrected chi connectivity index (χ0v) is 13.9. The van der Waals surface area contributed by atoms with Gasteiger partial charge in [0.25, 0.3) is 5.56 Å². The van der Waals surface area contributed by atoms with E-state index in [0.717, 1.165) is 0 Å². The molecule has 0 spiro atoms. The fourth-order valence-corrected chi connectivity index (χ4v) is 2.58. The number of aromatic nitrogens is 2. The van der Waals surface area contributed by atoms with Gasteiger partial charge in [-0.1, -0.05) is 29.8 Å². The molecule has 2 aromatic carbocycles. The molecule has 3 rings (SSSR count). The Kier molecular flexibility index (Phi) is 4.22. The molecule has 24 heavy (non-hydrogen) atoms. The number of aromatic hydroxyl groups is 1. The molecule has 0 atom stereocenters. The molecule has 0 saturated heterocycles. The third-order valence-corrected chi connectivity index (χ3v) is 3.78. The highest BCUT2D eigenvalue weighted by molar-refractivity contribution is 6.31. The van der Waals surface area contributed by atoms with E-state index in [4.69, 9.17) is 11.6 Å². The lowest BCUT2D eigenvalue weighted by atomic mass is 10.2. The monoisotopic (exact) mass is 342 g/mol. The molecule has 7 heteroatoms. The summed E-state index contributed by atoms with van der Waals surface area (Å²) in [5.74, 6) is -0.0141. The van der Waals surface area contributed by atoms with Crippen LogP contribution in [0.25, 0.3) is 5.69 Å². The van der Waals surface area contributed by atoms with Crippen LogP contribution in [0.2, 0.25) is 5.02 Å². The Morgan fingerprint density at radius 1 is 1.12 bits per heavy atom. The van der Waals surface area contributed by atoms with E-state index in [1.807, 2.05) is 30.3 Å². The highest BCUT2D eigenvalue weighted by Gasteiger charge is 2.12. The average molecular weight is 343 g/mol. The van der Waals surface area contributed by atoms with Gasteiger partial charge in [-0.15, -0.1) is 10.2 Å². The van der Waals surface area contributed by atoms with Crippen molar-refractivity contribution in [1.29, 1.82) is 0 Å². The fraction of sp³-hybridized carbons (Fsp3) is 0.118. The van der Waals surface area contributed by atoms with Crippen LogP contribution in [0.15, 0.2) is 57.5 Å². The number of aromatic amines is 1. The number of phenolic OH excluding ortho intramolecular Hbond substituents is 1. The predicted molar refractivity (Wildman–Crippen MR) is 93.2 cm³/mol. The van der Waals surface area contributed by atoms with E-state index < -0.39 is 0 Å². The maximum absolute atomic E-state index is 12.5. The van der Waals surface area contributed by atoms with Gasteiger partial charge in [-0.3, -0.25) is 9.89 Å². The molecule has 1 aromatic heterocycles. The SMILES string of the molecule is Cc1cc(Cl)cc(N=Nc2c(C)[nH]n(-c3ccccc3)c2=O)c1O. The number of benzene rings is 2. The number of nitrogens with one attached hydrogen (secondary N) is 1. The summed E-state index contributed by atoms with van der Waals surface area (Å²) in [6.45, 7) is 3.45. The van der Waals surface area contributed by atoms with Gasteiger partial charge in [-0.2, -0.15) is 0 Å². The number of hydrogen-bond donors (Lipinski definition) is 2. The Morgan fingerprint density at radius 2 is 1.83 bits per heavy atom. The van der Waals surface area contributed by atoms with Gasteiger partial charge in [-0.05, 0) is 43.7 Å². The Balaban J connectivity index is 2.03. The Hall–Kier alpha value is -2.86. The van der Waals surface area contributed by atoms with Crippen molar-refractivity contribution in [1.82, 2.24) is 9.78 Å². The van der Waals surface area contributed by atoms with Crippen molar-refractivity contribution in [3.8, 4) is 11.4 Å². The van der Waals surface area contributed by atoms with Gasteiger partial charge >= 0.3 is 0 Å². The summed E-state index contributed by atoms with van der Waals surface area (Å²) in [6, 6.07) is 12.3. The lowest BCUT2D eigenvalue weighted by Crippen LogP contribution is -2.13. The zero-order valence-electron chi connectivity index (χ0n) is 13.1. The van der Waals surface area contributed by atoms with E-state index in [-0.39, 0.29) is 22.7 Å². The lowest BCUT2D eigenvalue weighted by molar-refractivity contribution is 0.472. The molecule has 3 aromatic rings. The first-order valence-corrected chi connectivity index (χ1v) is 7.63. The van der Waals surface area contributed by atoms with Crippen LogP contribution in [0.1, 0.15) is 11.3 Å². The predicted octanol–water partition coefficient (Wildman–Crippen LogP) is 4.56. The fourth-order valence-electron chi connectivity index (χ4n) is 2.31. The highest BCUT2D eigenvalue weighted by atomic mass is 35.5. The van der Waals surface area contributed by atoms with Crippen LogP contribution in [0.3, 0.4) is 0 Å². The van der Waals surface area contributed by atoms with Crippen LogP contribution in [0.4, 0.5) is 11.4 Å². The number of phenols is 1. The number of rotatable bonds is 3. The van der Waals surface area contributed by atoms with Crippen molar-refractivity contribution in [2.45, 2.75) is 13.8 Å². The van der Waals surface area contributed by atoms with Gasteiger partial charge in [0.1, 0.15) is 11.4 Å². The molecule has 6 nitrogen and oxygen atoms in total. The lowest BCUT2D eigenvalue weighted by Gasteiger charge is -2.02. The highest BCUT2D eigenvalue weighted by Crippen LogP contribution is 2.34. The quantitative estimate of drug-likeness (QED) is 0.684. The maximum atomic E-state index is 12.5. The molecule has 1 heterocycles. The van der Waals surface area contributed by atoms with E-state index >= 15 is 0 Å². The molecular formula is C17H15ClN4O2. The average Bonchev–Trinajstić information content (AvgIpc) is 2.85. The molecular weight excluding hydrogens is 328 g/mol. The van der Waals surface area contributed by atoms with Gasteiger partial charge in [0, 0.05) is 5.02 Å². The van der Waals surface area contributed by atoms with Gasteiger partial charge in [0.15, 0.2) is 5.69 Å². The Labute approximate surface area is 143 Å². The van der Waals surface area contributed by atoms with E-state index in [1.165, 1.54) is 10.7 Å². The number of halogens is 1. The first-order chi connectivity index (χ1) is 11.5. The number of aryl methyl sites for hydroxylation is 2. The van der Waals surface area contributed by atoms with Crippen molar-refractivity contribution in [2.75, 3.05) is 0 Å². The summed E-state index contributed by atoms with van der Waals surface area (Å²) >= 11 is 5.97. The van der Waals surface area contributed by atoms with Crippen LogP contribution < -0.4 is 5.56 Å². The number of para-hydroxylation sites is 1. The van der Waals surface area contributed by atoms with Gasteiger partial charge in [0.05, 0.1) is 11.4 Å². The van der Waals surface area contributed by atoms with Gasteiger partial charge < -0.3 is 5.11 Å². The molecule has 2 N–H and O–H groups in total. The molecule has 0 unspecified atom stereocenters. The van der Waals surface area contributed by atoms with Crippen LogP contribution in [-0.4, -0.2) is 14.9 Å². The summed E-state index contributed by atoms with van der Waals surface area (Å²) in [7, 11) is 0. The smallest absolute Gasteiger partial charge is 0.299 e. The first-order valence-electron chi connectivity index (χ1n) is 7.25. The standard InChI is InChI=1S/C17H15ClN4O2/c1-10-8-12(18)9-14(16(10)23)19-20-15-11(2)21-22(17(15)24)13-6-4-3-5-7-13/h3-9,21,23H,1-2H3. The minimum Gasteiger partial charge on any atom is -0.505 e. The molecule has 0 saturated carbocycles. The van der Waals surface area contributed by atoms with Gasteiger partial charge in [0.2, 0.25) is 0 Å². The van der Waals surface area contributed by atoms with Crippen LogP contribution in [0, 0.1) is 13.8 Å². The molecule has 0 amide bonds. The second-order valence-electron chi connectivity index (χ2n) is 5.35. The summed E-state index contributed by atoms with van der Waals surface area (Å²) in [4.78, 5) is 12.5. The second-order valence-corrected chi connectivity index (χ2v) is 5.79. The number of azo groups is 1. The molecule has 0 aliphatic heterocycles.